The van der Waals surface area contributed by atoms with Gasteiger partial charge in [0.25, 0.3) is 0 Å². The molecule has 2 unspecified atom stereocenters. The van der Waals surface area contributed by atoms with Crippen LogP contribution >= 0.6 is 8.23 Å². The van der Waals surface area contributed by atoms with Crippen molar-refractivity contribution >= 4 is 19.6 Å². The number of carbonyl (C=O) groups excluding carboxylic acids is 1. The molecule has 0 radical (unpaired) electrons. The smallest absolute Gasteiger partial charge is 0.218 e. The second kappa shape index (κ2) is 3.57. The van der Waals surface area contributed by atoms with E-state index in [1.165, 1.54) is 0 Å². The molecule has 0 spiro atoms. The Balaban J connectivity index is 1.90. The van der Waals surface area contributed by atoms with Gasteiger partial charge in [-0.2, -0.15) is 0 Å². The monoisotopic (exact) mass is 243 g/mol. The number of hydrogen-bond acceptors (Lipinski definition) is 4. The first-order valence-corrected chi connectivity index (χ1v) is 6.60. The Morgan fingerprint density at radius 2 is 2.38 bits per heavy atom. The molecule has 0 amide bonds. The van der Waals surface area contributed by atoms with Gasteiger partial charge in [0.15, 0.2) is 13.8 Å². The Bertz CT molecular complexity index is 420. The summed E-state index contributed by atoms with van der Waals surface area (Å²) < 4.78 is 20.0. The fourth-order valence-corrected chi connectivity index (χ4v) is 3.29. The average molecular weight is 243 g/mol. The van der Waals surface area contributed by atoms with Crippen molar-refractivity contribution in [2.24, 2.45) is 5.92 Å². The number of ketones is 1. The van der Waals surface area contributed by atoms with Gasteiger partial charge in [-0.1, -0.05) is 0 Å². The maximum absolute atomic E-state index is 13.5. The molecule has 1 aromatic rings. The number of carbonyl (C=O) groups is 1. The first kappa shape index (κ1) is 10.3. The fraction of sp³-hybridized carbons (Fsp3) is 0.667. The largest absolute Gasteiger partial charge is 0.380 e. The van der Waals surface area contributed by atoms with Gasteiger partial charge < -0.3 is 4.74 Å². The molecule has 16 heavy (non-hydrogen) atoms. The summed E-state index contributed by atoms with van der Waals surface area (Å²) in [4.78, 5) is 15.8. The molecule has 0 saturated carbocycles. The topological polar surface area (TPSA) is 57.0 Å². The summed E-state index contributed by atoms with van der Waals surface area (Å²) in [5, 5.41) is 4.10. The first-order chi connectivity index (χ1) is 7.66. The van der Waals surface area contributed by atoms with Crippen LogP contribution in [0, 0.1) is 5.92 Å². The minimum absolute atomic E-state index is 0.0119. The molecule has 7 heteroatoms. The molecular weight excluding hydrogens is 232 g/mol. The Labute approximate surface area is 92.9 Å². The van der Waals surface area contributed by atoms with Gasteiger partial charge in [0.2, 0.25) is 11.6 Å². The lowest BCUT2D eigenvalue weighted by Crippen LogP contribution is -2.35. The normalized spacial score (nSPS) is 28.9. The number of fused-ring (bicyclic) bond motifs is 1. The number of aromatic nitrogens is 3. The zero-order valence-electron chi connectivity index (χ0n) is 8.76. The van der Waals surface area contributed by atoms with E-state index in [0.29, 0.717) is 24.9 Å². The van der Waals surface area contributed by atoms with E-state index in [2.05, 4.69) is 10.1 Å². The lowest BCUT2D eigenvalue weighted by Gasteiger charge is -2.22. The van der Waals surface area contributed by atoms with Crippen LogP contribution in [0.2, 0.25) is 0 Å². The first-order valence-electron chi connectivity index (χ1n) is 5.18. The van der Waals surface area contributed by atoms with Crippen molar-refractivity contribution < 1.29 is 13.7 Å². The van der Waals surface area contributed by atoms with Crippen LogP contribution < -0.4 is 5.57 Å². The van der Waals surface area contributed by atoms with Gasteiger partial charge in [-0.15, -0.1) is 5.10 Å². The van der Waals surface area contributed by atoms with Crippen molar-refractivity contribution in [1.82, 2.24) is 14.8 Å². The second-order valence-corrected chi connectivity index (χ2v) is 5.66. The number of ether oxygens (including phenoxy) is 1. The highest BCUT2D eigenvalue weighted by Crippen LogP contribution is 2.43. The zero-order chi connectivity index (χ0) is 11.3. The third-order valence-electron chi connectivity index (χ3n) is 2.90. The number of hydrogen-bond donors (Lipinski definition) is 0. The summed E-state index contributed by atoms with van der Waals surface area (Å²) in [7, 11) is -1.72. The predicted molar refractivity (Wildman–Crippen MR) is 55.9 cm³/mol. The van der Waals surface area contributed by atoms with E-state index in [1.807, 2.05) is 6.92 Å². The summed E-state index contributed by atoms with van der Waals surface area (Å²) in [6, 6.07) is 0.0119. The minimum atomic E-state index is -1.72. The third-order valence-corrected chi connectivity index (χ3v) is 4.49. The molecule has 86 valence electrons. The van der Waals surface area contributed by atoms with Crippen molar-refractivity contribution in [3.63, 3.8) is 0 Å². The van der Waals surface area contributed by atoms with Crippen LogP contribution in [-0.2, 0) is 4.74 Å². The molecule has 3 heterocycles. The Morgan fingerprint density at radius 3 is 2.94 bits per heavy atom. The summed E-state index contributed by atoms with van der Waals surface area (Å²) in [6.45, 7) is 2.76. The standard InChI is InChI=1S/C9H11FN3O2P/c1-5-4-16(10)9-11-8(12-13(5)9)7(14)6-2-15-3-6/h5-6H,2-4H2,1H3. The van der Waals surface area contributed by atoms with E-state index in [0.717, 1.165) is 0 Å². The molecule has 3 rings (SSSR count). The fourth-order valence-electron chi connectivity index (χ4n) is 1.84. The quantitative estimate of drug-likeness (QED) is 0.566. The molecule has 2 aliphatic rings. The van der Waals surface area contributed by atoms with E-state index in [-0.39, 0.29) is 23.6 Å². The van der Waals surface area contributed by atoms with E-state index in [9.17, 15) is 8.99 Å². The van der Waals surface area contributed by atoms with Gasteiger partial charge in [-0.3, -0.25) is 4.79 Å². The average Bonchev–Trinajstić information content (AvgIpc) is 2.67. The Hall–Kier alpha value is -0.870. The van der Waals surface area contributed by atoms with Gasteiger partial charge in [-0.25, -0.2) is 13.9 Å². The number of halogens is 1. The van der Waals surface area contributed by atoms with Gasteiger partial charge in [-0.05, 0) is 6.92 Å². The molecule has 0 N–H and O–H groups in total. The van der Waals surface area contributed by atoms with Crippen LogP contribution in [0.4, 0.5) is 4.20 Å². The summed E-state index contributed by atoms with van der Waals surface area (Å²) >= 11 is 0. The second-order valence-electron chi connectivity index (χ2n) is 4.17. The Morgan fingerprint density at radius 1 is 1.62 bits per heavy atom. The van der Waals surface area contributed by atoms with Crippen LogP contribution in [0.25, 0.3) is 0 Å². The van der Waals surface area contributed by atoms with Crippen molar-refractivity contribution in [3.05, 3.63) is 5.82 Å². The van der Waals surface area contributed by atoms with Crippen LogP contribution in [0.5, 0.6) is 0 Å². The lowest BCUT2D eigenvalue weighted by molar-refractivity contribution is -0.0199. The van der Waals surface area contributed by atoms with Crippen molar-refractivity contribution in [2.75, 3.05) is 19.4 Å². The molecule has 5 nitrogen and oxygen atoms in total. The van der Waals surface area contributed by atoms with E-state index in [1.54, 1.807) is 4.68 Å². The third kappa shape index (κ3) is 1.40. The molecule has 2 aliphatic heterocycles. The molecule has 0 aromatic carbocycles. The van der Waals surface area contributed by atoms with Gasteiger partial charge in [0, 0.05) is 6.16 Å². The van der Waals surface area contributed by atoms with Crippen molar-refractivity contribution in [2.45, 2.75) is 13.0 Å². The SMILES string of the molecule is CC1CP(F)c2nc(C(=O)C3COC3)nn21. The van der Waals surface area contributed by atoms with Gasteiger partial charge in [0.1, 0.15) is 0 Å². The zero-order valence-corrected chi connectivity index (χ0v) is 9.65. The number of Topliss-reactive ketones (excluding diaryl/α,β-unsaturated/α-hetero) is 1. The van der Waals surface area contributed by atoms with Crippen LogP contribution in [0.15, 0.2) is 0 Å². The predicted octanol–water partition coefficient (Wildman–Crippen LogP) is 0.673. The maximum Gasteiger partial charge on any atom is 0.218 e. The Kier molecular flexibility index (Phi) is 2.30. The molecule has 1 fully saturated rings. The van der Waals surface area contributed by atoms with Gasteiger partial charge >= 0.3 is 0 Å². The van der Waals surface area contributed by atoms with E-state index in [4.69, 9.17) is 4.74 Å². The minimum Gasteiger partial charge on any atom is -0.380 e. The molecule has 1 saturated heterocycles. The van der Waals surface area contributed by atoms with Crippen LogP contribution in [0.3, 0.4) is 0 Å². The van der Waals surface area contributed by atoms with Gasteiger partial charge in [0.05, 0.1) is 25.2 Å². The van der Waals surface area contributed by atoms with Crippen molar-refractivity contribution in [1.29, 1.82) is 0 Å². The summed E-state index contributed by atoms with van der Waals surface area (Å²) in [6.07, 6.45) is 0.464. The van der Waals surface area contributed by atoms with E-state index >= 15 is 0 Å². The van der Waals surface area contributed by atoms with Crippen LogP contribution in [0.1, 0.15) is 23.6 Å². The van der Waals surface area contributed by atoms with Crippen LogP contribution in [-0.4, -0.2) is 39.9 Å². The highest BCUT2D eigenvalue weighted by Gasteiger charge is 2.36. The van der Waals surface area contributed by atoms with E-state index < -0.39 is 8.23 Å². The molecule has 0 bridgehead atoms. The molecule has 1 aromatic heterocycles. The number of rotatable bonds is 2. The molecular formula is C9H11FN3O2P. The number of nitrogens with zero attached hydrogens (tertiary/aromatic N) is 3. The van der Waals surface area contributed by atoms with Crippen molar-refractivity contribution in [3.8, 4) is 0 Å². The maximum atomic E-state index is 13.5. The highest BCUT2D eigenvalue weighted by atomic mass is 31.2. The highest BCUT2D eigenvalue weighted by molar-refractivity contribution is 7.60. The molecule has 2 atom stereocenters. The lowest BCUT2D eigenvalue weighted by atomic mass is 10.0. The summed E-state index contributed by atoms with van der Waals surface area (Å²) in [5.41, 5.74) is 0.353. The molecule has 0 aliphatic carbocycles. The summed E-state index contributed by atoms with van der Waals surface area (Å²) in [5.74, 6) is -0.104.